The number of aromatic amines is 1. The van der Waals surface area contributed by atoms with Crippen molar-refractivity contribution in [3.63, 3.8) is 0 Å². The molecule has 0 aliphatic heterocycles. The van der Waals surface area contributed by atoms with Gasteiger partial charge in [0.2, 0.25) is 0 Å². The third kappa shape index (κ3) is 4.82. The molecule has 29 heavy (non-hydrogen) atoms. The number of nitrogens with zero attached hydrogens (tertiary/aromatic N) is 2. The lowest BCUT2D eigenvalue weighted by Crippen LogP contribution is -1.95. The molecule has 4 rings (SSSR count). The fourth-order valence-corrected chi connectivity index (χ4v) is 5.71. The molecule has 2 aromatic heterocycles. The number of nitrogens with one attached hydrogen (secondary N) is 1. The van der Waals surface area contributed by atoms with Crippen LogP contribution in [-0.2, 0) is 12.8 Å². The number of aryl methyl sites for hydroxylation is 1. The minimum absolute atomic E-state index is 0.805. The highest BCUT2D eigenvalue weighted by molar-refractivity contribution is 9.10. The van der Waals surface area contributed by atoms with E-state index >= 15 is 0 Å². The number of nitriles is 1. The third-order valence-corrected chi connectivity index (χ3v) is 7.45. The molecule has 0 saturated carbocycles. The molecule has 0 spiro atoms. The van der Waals surface area contributed by atoms with Crippen LogP contribution in [0.3, 0.4) is 0 Å². The molecule has 0 saturated heterocycles. The Morgan fingerprint density at radius 1 is 1.03 bits per heavy atom. The lowest BCUT2D eigenvalue weighted by Gasteiger charge is -2.07. The lowest BCUT2D eigenvalue weighted by molar-refractivity contribution is 0.561. The van der Waals surface area contributed by atoms with Gasteiger partial charge in [0.15, 0.2) is 0 Å². The molecule has 1 aromatic carbocycles. The van der Waals surface area contributed by atoms with Gasteiger partial charge in [-0.05, 0) is 49.4 Å². The van der Waals surface area contributed by atoms with Crippen LogP contribution < -0.4 is 0 Å². The van der Waals surface area contributed by atoms with Gasteiger partial charge in [0.25, 0.3) is 0 Å². The number of hydrogen-bond acceptors (Lipinski definition) is 3. The Bertz CT molecular complexity index is 1050. The van der Waals surface area contributed by atoms with Crippen molar-refractivity contribution in [2.24, 2.45) is 4.99 Å². The third-order valence-electron chi connectivity index (χ3n) is 5.76. The molecule has 3 nitrogen and oxygen atoms in total. The van der Waals surface area contributed by atoms with Crippen molar-refractivity contribution in [3.8, 4) is 6.07 Å². The zero-order valence-electron chi connectivity index (χ0n) is 16.6. The minimum atomic E-state index is 0.805. The Morgan fingerprint density at radius 3 is 2.52 bits per heavy atom. The summed E-state index contributed by atoms with van der Waals surface area (Å²) >= 11 is 5.28. The summed E-state index contributed by atoms with van der Waals surface area (Å²) in [5.41, 5.74) is 4.21. The fourth-order valence-electron chi connectivity index (χ4n) is 4.17. The Kier molecular flexibility index (Phi) is 6.84. The average molecular weight is 468 g/mol. The first-order valence-corrected chi connectivity index (χ1v) is 12.2. The first-order valence-electron chi connectivity index (χ1n) is 10.6. The summed E-state index contributed by atoms with van der Waals surface area (Å²) in [6.07, 6.45) is 16.3. The predicted molar refractivity (Wildman–Crippen MR) is 127 cm³/mol. The highest BCUT2D eigenvalue weighted by atomic mass is 79.9. The van der Waals surface area contributed by atoms with Gasteiger partial charge in [-0.1, -0.05) is 54.5 Å². The molecule has 150 valence electrons. The maximum absolute atomic E-state index is 9.89. The number of thiophene rings is 1. The molecular formula is C24H26BrN3S. The van der Waals surface area contributed by atoms with Crippen LogP contribution in [0.15, 0.2) is 33.9 Å². The van der Waals surface area contributed by atoms with Crippen LogP contribution in [0.2, 0.25) is 0 Å². The summed E-state index contributed by atoms with van der Waals surface area (Å²) in [5, 5.41) is 11.9. The Morgan fingerprint density at radius 2 is 1.76 bits per heavy atom. The molecule has 1 aliphatic carbocycles. The van der Waals surface area contributed by atoms with Crippen molar-refractivity contribution in [3.05, 3.63) is 50.4 Å². The van der Waals surface area contributed by atoms with Gasteiger partial charge in [-0.15, -0.1) is 11.3 Å². The molecular weight excluding hydrogens is 442 g/mol. The van der Waals surface area contributed by atoms with E-state index in [-0.39, 0.29) is 0 Å². The minimum Gasteiger partial charge on any atom is -0.361 e. The van der Waals surface area contributed by atoms with Crippen molar-refractivity contribution in [2.45, 2.75) is 64.2 Å². The van der Waals surface area contributed by atoms with Gasteiger partial charge in [-0.2, -0.15) is 5.26 Å². The zero-order valence-corrected chi connectivity index (χ0v) is 19.0. The molecule has 0 bridgehead atoms. The van der Waals surface area contributed by atoms with Crippen LogP contribution in [0.1, 0.15) is 72.9 Å². The van der Waals surface area contributed by atoms with Gasteiger partial charge in [-0.25, -0.2) is 4.99 Å². The summed E-state index contributed by atoms with van der Waals surface area (Å²) in [6, 6.07) is 8.67. The number of hydrogen-bond donors (Lipinski definition) is 1. The SMILES string of the molecule is N#Cc1c(/N=C/c2c[nH]c3ccc(Br)cc23)sc2c1CCCCCCCCCC2. The molecule has 0 amide bonds. The molecule has 0 atom stereocenters. The standard InChI is InChI=1S/C24H26BrN3S/c25-18-11-12-22-20(13-18)17(15-27-22)16-28-24-21(14-26)19-9-7-5-3-1-2-4-6-8-10-23(19)29-24/h11-13,15-16,27H,1-10H2/b28-16+. The van der Waals surface area contributed by atoms with E-state index < -0.39 is 0 Å². The van der Waals surface area contributed by atoms with E-state index in [9.17, 15) is 5.26 Å². The van der Waals surface area contributed by atoms with Gasteiger partial charge in [0.05, 0.1) is 5.56 Å². The van der Waals surface area contributed by atoms with E-state index in [4.69, 9.17) is 4.99 Å². The van der Waals surface area contributed by atoms with Crippen LogP contribution in [0.4, 0.5) is 5.00 Å². The Balaban J connectivity index is 1.64. The quantitative estimate of drug-likeness (QED) is 0.383. The first kappa shape index (κ1) is 20.4. The fraction of sp³-hybridized carbons (Fsp3) is 0.417. The van der Waals surface area contributed by atoms with Crippen LogP contribution >= 0.6 is 27.3 Å². The molecule has 0 radical (unpaired) electrons. The average Bonchev–Trinajstić information content (AvgIpc) is 3.26. The summed E-state index contributed by atoms with van der Waals surface area (Å²) < 4.78 is 1.05. The first-order chi connectivity index (χ1) is 14.3. The van der Waals surface area contributed by atoms with E-state index in [0.29, 0.717) is 0 Å². The van der Waals surface area contributed by atoms with Crippen molar-refractivity contribution < 1.29 is 0 Å². The molecule has 1 aliphatic rings. The number of aliphatic imine (C=N–C) groups is 1. The number of benzene rings is 1. The number of rotatable bonds is 2. The molecule has 0 unspecified atom stereocenters. The number of aromatic nitrogens is 1. The van der Waals surface area contributed by atoms with Crippen molar-refractivity contribution >= 4 is 49.4 Å². The normalized spacial score (nSPS) is 16.3. The van der Waals surface area contributed by atoms with Crippen molar-refractivity contribution in [1.29, 1.82) is 5.26 Å². The summed E-state index contributed by atoms with van der Waals surface area (Å²) in [6.45, 7) is 0. The molecule has 2 heterocycles. The summed E-state index contributed by atoms with van der Waals surface area (Å²) in [4.78, 5) is 9.47. The van der Waals surface area contributed by atoms with Crippen LogP contribution in [0, 0.1) is 11.3 Å². The van der Waals surface area contributed by atoms with Crippen molar-refractivity contribution in [1.82, 2.24) is 4.98 Å². The van der Waals surface area contributed by atoms with E-state index in [1.807, 2.05) is 18.5 Å². The second-order valence-electron chi connectivity index (χ2n) is 7.82. The van der Waals surface area contributed by atoms with Gasteiger partial charge in [-0.3, -0.25) is 0 Å². The van der Waals surface area contributed by atoms with Crippen LogP contribution in [0.25, 0.3) is 10.9 Å². The van der Waals surface area contributed by atoms with E-state index in [0.717, 1.165) is 44.3 Å². The maximum Gasteiger partial charge on any atom is 0.134 e. The largest absolute Gasteiger partial charge is 0.361 e. The molecule has 1 N–H and O–H groups in total. The summed E-state index contributed by atoms with van der Waals surface area (Å²) in [7, 11) is 0. The molecule has 0 fully saturated rings. The summed E-state index contributed by atoms with van der Waals surface area (Å²) in [5.74, 6) is 0. The molecule has 3 aromatic rings. The highest BCUT2D eigenvalue weighted by Gasteiger charge is 2.17. The zero-order chi connectivity index (χ0) is 20.1. The number of fused-ring (bicyclic) bond motifs is 2. The van der Waals surface area contributed by atoms with Gasteiger partial charge < -0.3 is 4.98 Å². The van der Waals surface area contributed by atoms with Crippen LogP contribution in [0.5, 0.6) is 0 Å². The predicted octanol–water partition coefficient (Wildman–Crippen LogP) is 7.83. The Labute approximate surface area is 185 Å². The smallest absolute Gasteiger partial charge is 0.134 e. The topological polar surface area (TPSA) is 51.9 Å². The second-order valence-corrected chi connectivity index (χ2v) is 9.82. The van der Waals surface area contributed by atoms with Gasteiger partial charge in [0, 0.05) is 38.2 Å². The Hall–Kier alpha value is -1.90. The lowest BCUT2D eigenvalue weighted by atomic mass is 9.98. The van der Waals surface area contributed by atoms with E-state index in [2.05, 4.69) is 39.1 Å². The second kappa shape index (κ2) is 9.73. The van der Waals surface area contributed by atoms with E-state index in [1.54, 1.807) is 11.3 Å². The van der Waals surface area contributed by atoms with E-state index in [1.165, 1.54) is 61.8 Å². The molecule has 5 heteroatoms. The van der Waals surface area contributed by atoms with Gasteiger partial charge >= 0.3 is 0 Å². The number of H-pyrrole nitrogens is 1. The monoisotopic (exact) mass is 467 g/mol. The highest BCUT2D eigenvalue weighted by Crippen LogP contribution is 2.38. The number of halogens is 1. The van der Waals surface area contributed by atoms with Gasteiger partial charge in [0.1, 0.15) is 11.1 Å². The maximum atomic E-state index is 9.89. The van der Waals surface area contributed by atoms with Crippen LogP contribution in [-0.4, -0.2) is 11.2 Å². The van der Waals surface area contributed by atoms with Crippen molar-refractivity contribution in [2.75, 3.05) is 0 Å².